The van der Waals surface area contributed by atoms with Crippen molar-refractivity contribution in [3.05, 3.63) is 38.7 Å². The van der Waals surface area contributed by atoms with E-state index in [1.54, 1.807) is 13.0 Å². The Kier molecular flexibility index (Phi) is 3.46. The van der Waals surface area contributed by atoms with Gasteiger partial charge in [0.1, 0.15) is 5.65 Å². The average Bonchev–Trinajstić information content (AvgIpc) is 2.36. The zero-order valence-electron chi connectivity index (χ0n) is 10.6. The van der Waals surface area contributed by atoms with E-state index in [1.165, 1.54) is 13.2 Å². The summed E-state index contributed by atoms with van der Waals surface area (Å²) in [5.74, 6) is -0.428. The maximum absolute atomic E-state index is 12.1. The number of ether oxygens (including phenoxy) is 1. The van der Waals surface area contributed by atoms with Crippen molar-refractivity contribution in [3.8, 4) is 0 Å². The van der Waals surface area contributed by atoms with Crippen molar-refractivity contribution in [2.45, 2.75) is 13.3 Å². The van der Waals surface area contributed by atoms with E-state index in [9.17, 15) is 14.4 Å². The maximum Gasteiger partial charge on any atom is 0.329 e. The zero-order chi connectivity index (χ0) is 14.0. The molecule has 2 rings (SSSR count). The Morgan fingerprint density at radius 2 is 2.21 bits per heavy atom. The van der Waals surface area contributed by atoms with Crippen LogP contribution in [0.3, 0.4) is 0 Å². The zero-order valence-corrected chi connectivity index (χ0v) is 10.6. The third kappa shape index (κ3) is 2.40. The van der Waals surface area contributed by atoms with E-state index in [-0.39, 0.29) is 24.1 Å². The first-order valence-electron chi connectivity index (χ1n) is 5.77. The minimum Gasteiger partial charge on any atom is -0.466 e. The lowest BCUT2D eigenvalue weighted by molar-refractivity contribution is -0.142. The summed E-state index contributed by atoms with van der Waals surface area (Å²) < 4.78 is 5.79. The van der Waals surface area contributed by atoms with Crippen LogP contribution in [0.4, 0.5) is 0 Å². The Morgan fingerprint density at radius 3 is 2.89 bits per heavy atom. The van der Waals surface area contributed by atoms with Gasteiger partial charge in [0.25, 0.3) is 5.56 Å². The molecule has 0 spiro atoms. The van der Waals surface area contributed by atoms with Gasteiger partial charge >= 0.3 is 11.7 Å². The highest BCUT2D eigenvalue weighted by atomic mass is 16.5. The van der Waals surface area contributed by atoms with Gasteiger partial charge in [0.2, 0.25) is 0 Å². The molecule has 0 aliphatic carbocycles. The van der Waals surface area contributed by atoms with Crippen LogP contribution in [0, 0.1) is 0 Å². The van der Waals surface area contributed by atoms with Crippen LogP contribution >= 0.6 is 0 Å². The fraction of sp³-hybridized carbons (Fsp3) is 0.333. The second-order valence-corrected chi connectivity index (χ2v) is 3.97. The molecule has 19 heavy (non-hydrogen) atoms. The largest absolute Gasteiger partial charge is 0.466 e. The number of rotatable bonds is 3. The Labute approximate surface area is 107 Å². The molecule has 0 amide bonds. The van der Waals surface area contributed by atoms with Crippen LogP contribution < -0.4 is 11.2 Å². The lowest BCUT2D eigenvalue weighted by atomic mass is 10.1. The number of pyridine rings is 1. The molecule has 7 heteroatoms. The number of aromatic amines is 1. The van der Waals surface area contributed by atoms with E-state index in [2.05, 4.69) is 9.97 Å². The molecule has 0 aliphatic rings. The molecule has 0 saturated heterocycles. The van der Waals surface area contributed by atoms with Gasteiger partial charge in [-0.3, -0.25) is 19.1 Å². The van der Waals surface area contributed by atoms with Gasteiger partial charge in [-0.1, -0.05) is 0 Å². The van der Waals surface area contributed by atoms with Gasteiger partial charge in [-0.15, -0.1) is 0 Å². The van der Waals surface area contributed by atoms with Crippen molar-refractivity contribution in [2.75, 3.05) is 6.61 Å². The number of fused-ring (bicyclic) bond motifs is 1. The van der Waals surface area contributed by atoms with Crippen LogP contribution in [0.1, 0.15) is 12.5 Å². The van der Waals surface area contributed by atoms with Crippen LogP contribution in [0.25, 0.3) is 11.0 Å². The summed E-state index contributed by atoms with van der Waals surface area (Å²) >= 11 is 0. The Morgan fingerprint density at radius 1 is 1.47 bits per heavy atom. The van der Waals surface area contributed by atoms with E-state index in [4.69, 9.17) is 4.74 Å². The molecular formula is C12H13N3O4. The monoisotopic (exact) mass is 263 g/mol. The van der Waals surface area contributed by atoms with E-state index in [0.717, 1.165) is 4.57 Å². The molecule has 7 nitrogen and oxygen atoms in total. The number of hydrogen-bond acceptors (Lipinski definition) is 5. The normalized spacial score (nSPS) is 10.6. The van der Waals surface area contributed by atoms with Crippen LogP contribution in [0.15, 0.2) is 21.9 Å². The minimum absolute atomic E-state index is 0.0336. The molecule has 0 atom stereocenters. The van der Waals surface area contributed by atoms with Gasteiger partial charge in [-0.25, -0.2) is 9.78 Å². The van der Waals surface area contributed by atoms with Gasteiger partial charge < -0.3 is 4.74 Å². The first kappa shape index (κ1) is 13.0. The molecule has 0 bridgehead atoms. The van der Waals surface area contributed by atoms with Gasteiger partial charge in [0.05, 0.1) is 18.4 Å². The van der Waals surface area contributed by atoms with E-state index in [1.807, 2.05) is 0 Å². The lowest BCUT2D eigenvalue weighted by Gasteiger charge is -2.06. The standard InChI is InChI=1S/C12H13N3O4/c1-3-19-8(16)6-7-4-5-13-10-9(7)11(17)15(2)12(18)14-10/h4-5H,3,6H2,1-2H3,(H,13,14,18). The maximum atomic E-state index is 12.1. The molecule has 0 unspecified atom stereocenters. The topological polar surface area (TPSA) is 94.0 Å². The first-order chi connectivity index (χ1) is 9.04. The van der Waals surface area contributed by atoms with E-state index >= 15 is 0 Å². The summed E-state index contributed by atoms with van der Waals surface area (Å²) in [6, 6.07) is 1.57. The van der Waals surface area contributed by atoms with Crippen molar-refractivity contribution in [1.82, 2.24) is 14.5 Å². The summed E-state index contributed by atoms with van der Waals surface area (Å²) in [7, 11) is 1.36. The summed E-state index contributed by atoms with van der Waals surface area (Å²) in [6.45, 7) is 1.98. The summed E-state index contributed by atoms with van der Waals surface area (Å²) in [4.78, 5) is 41.4. The molecule has 0 aliphatic heterocycles. The summed E-state index contributed by atoms with van der Waals surface area (Å²) in [5.41, 5.74) is -0.361. The Hall–Kier alpha value is -2.44. The lowest BCUT2D eigenvalue weighted by Crippen LogP contribution is -2.33. The van der Waals surface area contributed by atoms with Crippen molar-refractivity contribution < 1.29 is 9.53 Å². The van der Waals surface area contributed by atoms with Crippen molar-refractivity contribution in [2.24, 2.45) is 7.05 Å². The third-order valence-electron chi connectivity index (χ3n) is 2.73. The fourth-order valence-electron chi connectivity index (χ4n) is 1.80. The van der Waals surface area contributed by atoms with E-state index in [0.29, 0.717) is 5.56 Å². The second kappa shape index (κ2) is 5.05. The smallest absolute Gasteiger partial charge is 0.329 e. The second-order valence-electron chi connectivity index (χ2n) is 3.97. The summed E-state index contributed by atoms with van der Waals surface area (Å²) in [6.07, 6.45) is 1.40. The predicted octanol–water partition coefficient (Wildman–Crippen LogP) is -0.273. The highest BCUT2D eigenvalue weighted by molar-refractivity contribution is 5.83. The molecule has 0 fully saturated rings. The van der Waals surface area contributed by atoms with Gasteiger partial charge in [-0.2, -0.15) is 0 Å². The number of hydrogen-bond donors (Lipinski definition) is 1. The Balaban J connectivity index is 2.63. The minimum atomic E-state index is -0.543. The molecule has 2 heterocycles. The molecule has 2 aromatic heterocycles. The van der Waals surface area contributed by atoms with Gasteiger partial charge in [0, 0.05) is 13.2 Å². The van der Waals surface area contributed by atoms with Crippen LogP contribution in [-0.4, -0.2) is 27.1 Å². The van der Waals surface area contributed by atoms with Gasteiger partial charge in [-0.05, 0) is 18.6 Å². The quantitative estimate of drug-likeness (QED) is 0.769. The molecule has 0 aromatic carbocycles. The van der Waals surface area contributed by atoms with Crippen LogP contribution in [-0.2, 0) is 23.0 Å². The number of nitrogens with one attached hydrogen (secondary N) is 1. The molecule has 0 radical (unpaired) electrons. The van der Waals surface area contributed by atoms with E-state index < -0.39 is 17.2 Å². The number of carbonyl (C=O) groups excluding carboxylic acids is 1. The van der Waals surface area contributed by atoms with Crippen molar-refractivity contribution in [1.29, 1.82) is 0 Å². The number of nitrogens with zero attached hydrogens (tertiary/aromatic N) is 2. The first-order valence-corrected chi connectivity index (χ1v) is 5.77. The predicted molar refractivity (Wildman–Crippen MR) is 67.9 cm³/mol. The molecule has 2 aromatic rings. The third-order valence-corrected chi connectivity index (χ3v) is 2.73. The molecule has 0 saturated carbocycles. The molecule has 1 N–H and O–H groups in total. The number of esters is 1. The number of aromatic nitrogens is 3. The van der Waals surface area contributed by atoms with Gasteiger partial charge in [0.15, 0.2) is 0 Å². The fourth-order valence-corrected chi connectivity index (χ4v) is 1.80. The number of carbonyl (C=O) groups is 1. The molecule has 100 valence electrons. The van der Waals surface area contributed by atoms with Crippen LogP contribution in [0.5, 0.6) is 0 Å². The molecular weight excluding hydrogens is 250 g/mol. The van der Waals surface area contributed by atoms with Crippen molar-refractivity contribution in [3.63, 3.8) is 0 Å². The Bertz CT molecular complexity index is 745. The highest BCUT2D eigenvalue weighted by Crippen LogP contribution is 2.10. The van der Waals surface area contributed by atoms with Crippen LogP contribution in [0.2, 0.25) is 0 Å². The number of H-pyrrole nitrogens is 1. The SMILES string of the molecule is CCOC(=O)Cc1ccnc2[nH]c(=O)n(C)c(=O)c12. The summed E-state index contributed by atoms with van der Waals surface area (Å²) in [5, 5.41) is 0.234. The van der Waals surface area contributed by atoms with Crippen molar-refractivity contribution >= 4 is 17.0 Å². The highest BCUT2D eigenvalue weighted by Gasteiger charge is 2.13. The average molecular weight is 263 g/mol.